The molecule has 2 saturated heterocycles. The van der Waals surface area contributed by atoms with Gasteiger partial charge in [-0.2, -0.15) is 0 Å². The number of fused-ring (bicyclic) bond motifs is 2. The van der Waals surface area contributed by atoms with Crippen LogP contribution in [0.4, 0.5) is 0 Å². The third-order valence-electron chi connectivity index (χ3n) is 5.81. The first-order valence-corrected chi connectivity index (χ1v) is 11.0. The monoisotopic (exact) mass is 388 g/mol. The number of amides is 1. The van der Waals surface area contributed by atoms with Gasteiger partial charge in [0.1, 0.15) is 0 Å². The predicted octanol–water partition coefficient (Wildman–Crippen LogP) is 4.36. The van der Waals surface area contributed by atoms with E-state index < -0.39 is 0 Å². The predicted molar refractivity (Wildman–Crippen MR) is 112 cm³/mol. The SMILES string of the molecule is CCCOc1ccc(C(C)NC(=O)CC2CC3CCC(C2)N3)cc1OCCC. The first kappa shape index (κ1) is 21.0. The molecule has 1 aromatic carbocycles. The molecule has 3 atom stereocenters. The van der Waals surface area contributed by atoms with Crippen LogP contribution >= 0.6 is 0 Å². The molecule has 2 aliphatic heterocycles. The second-order valence-corrected chi connectivity index (χ2v) is 8.37. The number of ether oxygens (including phenoxy) is 2. The van der Waals surface area contributed by atoms with Crippen molar-refractivity contribution in [1.29, 1.82) is 0 Å². The molecule has 3 rings (SSSR count). The maximum atomic E-state index is 12.6. The number of carbonyl (C=O) groups excluding carboxylic acids is 1. The van der Waals surface area contributed by atoms with Gasteiger partial charge in [0.2, 0.25) is 5.91 Å². The molecule has 2 heterocycles. The number of rotatable bonds is 10. The Hall–Kier alpha value is -1.75. The largest absolute Gasteiger partial charge is 0.490 e. The highest BCUT2D eigenvalue weighted by Gasteiger charge is 2.34. The van der Waals surface area contributed by atoms with Crippen molar-refractivity contribution in [3.05, 3.63) is 23.8 Å². The fourth-order valence-electron chi connectivity index (χ4n) is 4.44. The van der Waals surface area contributed by atoms with Crippen molar-refractivity contribution in [3.63, 3.8) is 0 Å². The maximum absolute atomic E-state index is 12.6. The lowest BCUT2D eigenvalue weighted by Gasteiger charge is -2.29. The van der Waals surface area contributed by atoms with E-state index in [-0.39, 0.29) is 11.9 Å². The standard InChI is InChI=1S/C23H36N2O3/c1-4-10-27-21-9-6-18(15-22(21)28-11-5-2)16(3)24-23(26)14-17-12-19-7-8-20(13-17)25-19/h6,9,15-17,19-20,25H,4-5,7-8,10-14H2,1-3H3,(H,24,26). The van der Waals surface area contributed by atoms with E-state index in [0.29, 0.717) is 37.6 Å². The zero-order valence-corrected chi connectivity index (χ0v) is 17.6. The van der Waals surface area contributed by atoms with Gasteiger partial charge in [-0.3, -0.25) is 4.79 Å². The van der Waals surface area contributed by atoms with Gasteiger partial charge >= 0.3 is 0 Å². The highest BCUT2D eigenvalue weighted by atomic mass is 16.5. The Balaban J connectivity index is 1.57. The van der Waals surface area contributed by atoms with Gasteiger partial charge in [0.05, 0.1) is 19.3 Å². The summed E-state index contributed by atoms with van der Waals surface area (Å²) in [6.07, 6.45) is 7.35. The van der Waals surface area contributed by atoms with Crippen LogP contribution in [0.2, 0.25) is 0 Å². The Bertz CT molecular complexity index is 637. The molecule has 2 N–H and O–H groups in total. The molecule has 2 aliphatic rings. The average molecular weight is 389 g/mol. The van der Waals surface area contributed by atoms with Crippen molar-refractivity contribution < 1.29 is 14.3 Å². The summed E-state index contributed by atoms with van der Waals surface area (Å²) in [7, 11) is 0. The van der Waals surface area contributed by atoms with Crippen molar-refractivity contribution in [2.45, 2.75) is 83.8 Å². The number of hydrogen-bond donors (Lipinski definition) is 2. The second-order valence-electron chi connectivity index (χ2n) is 8.37. The first-order chi connectivity index (χ1) is 13.6. The quantitative estimate of drug-likeness (QED) is 0.625. The van der Waals surface area contributed by atoms with Crippen molar-refractivity contribution in [2.75, 3.05) is 13.2 Å². The molecule has 0 radical (unpaired) electrons. The van der Waals surface area contributed by atoms with Crippen LogP contribution in [-0.4, -0.2) is 31.2 Å². The minimum absolute atomic E-state index is 0.0462. The summed E-state index contributed by atoms with van der Waals surface area (Å²) in [6.45, 7) is 7.55. The maximum Gasteiger partial charge on any atom is 0.220 e. The van der Waals surface area contributed by atoms with E-state index in [1.165, 1.54) is 12.8 Å². The molecule has 28 heavy (non-hydrogen) atoms. The Morgan fingerprint density at radius 3 is 2.39 bits per heavy atom. The minimum atomic E-state index is -0.0462. The zero-order chi connectivity index (χ0) is 19.9. The van der Waals surface area contributed by atoms with Crippen LogP contribution in [0.3, 0.4) is 0 Å². The molecule has 5 heteroatoms. The third kappa shape index (κ3) is 5.63. The van der Waals surface area contributed by atoms with Crippen LogP contribution in [0.1, 0.15) is 77.3 Å². The van der Waals surface area contributed by atoms with Gasteiger partial charge in [0.25, 0.3) is 0 Å². The van der Waals surface area contributed by atoms with Gasteiger partial charge in [-0.05, 0) is 69.1 Å². The molecule has 2 fully saturated rings. The Kier molecular flexibility index (Phi) is 7.60. The van der Waals surface area contributed by atoms with Gasteiger partial charge in [0.15, 0.2) is 11.5 Å². The van der Waals surface area contributed by atoms with E-state index >= 15 is 0 Å². The highest BCUT2D eigenvalue weighted by Crippen LogP contribution is 2.33. The topological polar surface area (TPSA) is 59.6 Å². The molecule has 0 aliphatic carbocycles. The van der Waals surface area contributed by atoms with Gasteiger partial charge in [-0.25, -0.2) is 0 Å². The van der Waals surface area contributed by atoms with Crippen molar-refractivity contribution in [1.82, 2.24) is 10.6 Å². The molecule has 0 saturated carbocycles. The summed E-state index contributed by atoms with van der Waals surface area (Å²) in [5.41, 5.74) is 1.05. The first-order valence-electron chi connectivity index (χ1n) is 11.0. The normalized spacial score (nSPS) is 24.6. The number of nitrogens with one attached hydrogen (secondary N) is 2. The van der Waals surface area contributed by atoms with Crippen molar-refractivity contribution >= 4 is 5.91 Å². The van der Waals surface area contributed by atoms with E-state index in [9.17, 15) is 4.79 Å². The molecule has 156 valence electrons. The van der Waals surface area contributed by atoms with E-state index in [0.717, 1.165) is 42.7 Å². The van der Waals surface area contributed by atoms with Crippen molar-refractivity contribution in [3.8, 4) is 11.5 Å². The van der Waals surface area contributed by atoms with Crippen LogP contribution in [0.15, 0.2) is 18.2 Å². The zero-order valence-electron chi connectivity index (χ0n) is 17.6. The summed E-state index contributed by atoms with van der Waals surface area (Å²) in [4.78, 5) is 12.6. The van der Waals surface area contributed by atoms with Crippen LogP contribution in [0.25, 0.3) is 0 Å². The fraction of sp³-hybridized carbons (Fsp3) is 0.696. The molecular formula is C23H36N2O3. The lowest BCUT2D eigenvalue weighted by molar-refractivity contribution is -0.122. The second kappa shape index (κ2) is 10.1. The summed E-state index contributed by atoms with van der Waals surface area (Å²) in [6, 6.07) is 7.21. The van der Waals surface area contributed by atoms with E-state index in [2.05, 4.69) is 24.5 Å². The van der Waals surface area contributed by atoms with Crippen LogP contribution < -0.4 is 20.1 Å². The molecule has 3 unspecified atom stereocenters. The summed E-state index contributed by atoms with van der Waals surface area (Å²) < 4.78 is 11.7. The van der Waals surface area contributed by atoms with E-state index in [1.54, 1.807) is 0 Å². The van der Waals surface area contributed by atoms with Crippen LogP contribution in [-0.2, 0) is 4.79 Å². The number of benzene rings is 1. The number of hydrogen-bond acceptors (Lipinski definition) is 4. The Morgan fingerprint density at radius 1 is 1.11 bits per heavy atom. The lowest BCUT2D eigenvalue weighted by Crippen LogP contribution is -2.40. The van der Waals surface area contributed by atoms with Gasteiger partial charge < -0.3 is 20.1 Å². The average Bonchev–Trinajstić information content (AvgIpc) is 3.02. The lowest BCUT2D eigenvalue weighted by atomic mass is 9.89. The third-order valence-corrected chi connectivity index (χ3v) is 5.81. The molecule has 0 spiro atoms. The Labute approximate surface area is 169 Å². The summed E-state index contributed by atoms with van der Waals surface area (Å²) >= 11 is 0. The highest BCUT2D eigenvalue weighted by molar-refractivity contribution is 5.76. The molecule has 5 nitrogen and oxygen atoms in total. The molecule has 2 bridgehead atoms. The fourth-order valence-corrected chi connectivity index (χ4v) is 4.44. The molecular weight excluding hydrogens is 352 g/mol. The minimum Gasteiger partial charge on any atom is -0.490 e. The summed E-state index contributed by atoms with van der Waals surface area (Å²) in [5, 5.41) is 6.83. The van der Waals surface area contributed by atoms with Crippen LogP contribution in [0.5, 0.6) is 11.5 Å². The molecule has 0 aromatic heterocycles. The number of piperidine rings is 1. The van der Waals surface area contributed by atoms with Crippen LogP contribution in [0, 0.1) is 5.92 Å². The van der Waals surface area contributed by atoms with E-state index in [4.69, 9.17) is 9.47 Å². The Morgan fingerprint density at radius 2 is 1.75 bits per heavy atom. The van der Waals surface area contributed by atoms with Gasteiger partial charge in [-0.1, -0.05) is 19.9 Å². The summed E-state index contributed by atoms with van der Waals surface area (Å²) in [5.74, 6) is 2.21. The molecule has 1 aromatic rings. The van der Waals surface area contributed by atoms with E-state index in [1.807, 2.05) is 25.1 Å². The molecule has 1 amide bonds. The van der Waals surface area contributed by atoms with Crippen molar-refractivity contribution in [2.24, 2.45) is 5.92 Å². The van der Waals surface area contributed by atoms with Gasteiger partial charge in [-0.15, -0.1) is 0 Å². The number of carbonyl (C=O) groups is 1. The van der Waals surface area contributed by atoms with Gasteiger partial charge in [0, 0.05) is 18.5 Å². The smallest absolute Gasteiger partial charge is 0.220 e.